The van der Waals surface area contributed by atoms with Gasteiger partial charge in [-0.3, -0.25) is 10.1 Å². The molecule has 1 aliphatic rings. The summed E-state index contributed by atoms with van der Waals surface area (Å²) in [4.78, 5) is 10.0. The van der Waals surface area contributed by atoms with Gasteiger partial charge in [0.15, 0.2) is 0 Å². The van der Waals surface area contributed by atoms with Crippen molar-refractivity contribution in [3.8, 4) is 5.75 Å². The average molecular weight is 177 g/mol. The molecule has 1 aliphatic heterocycles. The van der Waals surface area contributed by atoms with Gasteiger partial charge >= 0.3 is 0 Å². The molecule has 2 rings (SSSR count). The van der Waals surface area contributed by atoms with E-state index in [4.69, 9.17) is 4.74 Å². The Hall–Kier alpha value is -1.84. The zero-order chi connectivity index (χ0) is 9.26. The lowest BCUT2D eigenvalue weighted by Gasteiger charge is -2.10. The Kier molecular flexibility index (Phi) is 1.73. The molecule has 1 aromatic carbocycles. The highest BCUT2D eigenvalue weighted by Gasteiger charge is 2.11. The molecule has 1 heterocycles. The second-order valence-electron chi connectivity index (χ2n) is 2.69. The maximum absolute atomic E-state index is 10.4. The normalized spacial score (nSPS) is 13.2. The van der Waals surface area contributed by atoms with E-state index < -0.39 is 4.92 Å². The average Bonchev–Trinajstić information content (AvgIpc) is 2.17. The first kappa shape index (κ1) is 7.79. The molecule has 0 bridgehead atoms. The van der Waals surface area contributed by atoms with Gasteiger partial charge in [0.2, 0.25) is 0 Å². The highest BCUT2D eigenvalue weighted by atomic mass is 16.6. The van der Waals surface area contributed by atoms with Crippen molar-refractivity contribution in [3.63, 3.8) is 0 Å². The Morgan fingerprint density at radius 2 is 2.31 bits per heavy atom. The van der Waals surface area contributed by atoms with Crippen LogP contribution in [0.3, 0.4) is 0 Å². The minimum Gasteiger partial charge on any atom is -0.489 e. The number of benzene rings is 1. The SMILES string of the molecule is O=[N+]([O-])c1ccc2c(c1)C=CCO2. The van der Waals surface area contributed by atoms with Crippen LogP contribution < -0.4 is 4.74 Å². The third-order valence-electron chi connectivity index (χ3n) is 1.84. The van der Waals surface area contributed by atoms with Gasteiger partial charge in [-0.2, -0.15) is 0 Å². The topological polar surface area (TPSA) is 52.4 Å². The molecule has 4 nitrogen and oxygen atoms in total. The second kappa shape index (κ2) is 2.90. The number of nitro groups is 1. The van der Waals surface area contributed by atoms with Crippen molar-refractivity contribution < 1.29 is 9.66 Å². The lowest BCUT2D eigenvalue weighted by molar-refractivity contribution is -0.384. The third kappa shape index (κ3) is 1.38. The molecule has 4 heteroatoms. The summed E-state index contributed by atoms with van der Waals surface area (Å²) in [6, 6.07) is 4.57. The largest absolute Gasteiger partial charge is 0.489 e. The van der Waals surface area contributed by atoms with Gasteiger partial charge < -0.3 is 4.74 Å². The smallest absolute Gasteiger partial charge is 0.270 e. The number of nitrogens with zero attached hydrogens (tertiary/aromatic N) is 1. The van der Waals surface area contributed by atoms with Crippen LogP contribution in [0, 0.1) is 10.1 Å². The van der Waals surface area contributed by atoms with Crippen molar-refractivity contribution in [2.75, 3.05) is 6.61 Å². The summed E-state index contributed by atoms with van der Waals surface area (Å²) in [5, 5.41) is 10.4. The summed E-state index contributed by atoms with van der Waals surface area (Å²) >= 11 is 0. The number of rotatable bonds is 1. The van der Waals surface area contributed by atoms with Gasteiger partial charge in [0.05, 0.1) is 4.92 Å². The van der Waals surface area contributed by atoms with E-state index in [1.807, 2.05) is 12.2 Å². The van der Waals surface area contributed by atoms with E-state index in [-0.39, 0.29) is 5.69 Å². The molecule has 0 atom stereocenters. The van der Waals surface area contributed by atoms with Crippen molar-refractivity contribution in [1.82, 2.24) is 0 Å². The third-order valence-corrected chi connectivity index (χ3v) is 1.84. The number of hydrogen-bond donors (Lipinski definition) is 0. The van der Waals surface area contributed by atoms with Crippen LogP contribution in [0.4, 0.5) is 5.69 Å². The van der Waals surface area contributed by atoms with Crippen molar-refractivity contribution in [2.45, 2.75) is 0 Å². The number of fused-ring (bicyclic) bond motifs is 1. The van der Waals surface area contributed by atoms with Gasteiger partial charge in [-0.1, -0.05) is 6.08 Å². The summed E-state index contributed by atoms with van der Waals surface area (Å²) in [6.45, 7) is 0.533. The molecule has 0 radical (unpaired) electrons. The van der Waals surface area contributed by atoms with E-state index in [0.717, 1.165) is 5.56 Å². The zero-order valence-electron chi connectivity index (χ0n) is 6.77. The molecule has 0 saturated heterocycles. The van der Waals surface area contributed by atoms with E-state index >= 15 is 0 Å². The summed E-state index contributed by atoms with van der Waals surface area (Å²) in [6.07, 6.45) is 3.65. The van der Waals surface area contributed by atoms with E-state index in [1.54, 1.807) is 6.07 Å². The van der Waals surface area contributed by atoms with Gasteiger partial charge in [-0.15, -0.1) is 0 Å². The molecule has 13 heavy (non-hydrogen) atoms. The van der Waals surface area contributed by atoms with Gasteiger partial charge in [0.25, 0.3) is 5.69 Å². The Bertz CT molecular complexity index is 384. The molecular formula is C9H7NO3. The lowest BCUT2D eigenvalue weighted by Crippen LogP contribution is -2.00. The lowest BCUT2D eigenvalue weighted by atomic mass is 10.1. The minimum atomic E-state index is -0.414. The van der Waals surface area contributed by atoms with Crippen LogP contribution in [0.25, 0.3) is 6.08 Å². The maximum Gasteiger partial charge on any atom is 0.270 e. The summed E-state index contributed by atoms with van der Waals surface area (Å²) in [5.74, 6) is 0.702. The van der Waals surface area contributed by atoms with E-state index in [2.05, 4.69) is 0 Å². The fraction of sp³-hybridized carbons (Fsp3) is 0.111. The number of hydrogen-bond acceptors (Lipinski definition) is 3. The van der Waals surface area contributed by atoms with Gasteiger partial charge in [0.1, 0.15) is 12.4 Å². The summed E-state index contributed by atoms with van der Waals surface area (Å²) in [7, 11) is 0. The molecule has 1 aromatic rings. The first-order valence-electron chi connectivity index (χ1n) is 3.85. The molecule has 0 amide bonds. The standard InChI is InChI=1S/C9H7NO3/c11-10(12)8-3-4-9-7(6-8)2-1-5-13-9/h1-4,6H,5H2. The second-order valence-corrected chi connectivity index (χ2v) is 2.69. The van der Waals surface area contributed by atoms with E-state index in [1.165, 1.54) is 12.1 Å². The van der Waals surface area contributed by atoms with Crippen LogP contribution in [0.15, 0.2) is 24.3 Å². The molecule has 0 fully saturated rings. The molecule has 66 valence electrons. The van der Waals surface area contributed by atoms with Crippen LogP contribution in [0.2, 0.25) is 0 Å². The number of ether oxygens (including phenoxy) is 1. The van der Waals surface area contributed by atoms with Crippen molar-refractivity contribution in [2.24, 2.45) is 0 Å². The van der Waals surface area contributed by atoms with E-state index in [0.29, 0.717) is 12.4 Å². The Labute approximate surface area is 74.6 Å². The van der Waals surface area contributed by atoms with Crippen molar-refractivity contribution in [1.29, 1.82) is 0 Å². The Morgan fingerprint density at radius 3 is 3.08 bits per heavy atom. The van der Waals surface area contributed by atoms with Crippen molar-refractivity contribution >= 4 is 11.8 Å². The Morgan fingerprint density at radius 1 is 1.46 bits per heavy atom. The van der Waals surface area contributed by atoms with Crippen LogP contribution in [-0.2, 0) is 0 Å². The number of nitro benzene ring substituents is 1. The fourth-order valence-corrected chi connectivity index (χ4v) is 1.22. The van der Waals surface area contributed by atoms with Gasteiger partial charge in [-0.25, -0.2) is 0 Å². The van der Waals surface area contributed by atoms with E-state index in [9.17, 15) is 10.1 Å². The molecule has 0 saturated carbocycles. The fourth-order valence-electron chi connectivity index (χ4n) is 1.22. The highest BCUT2D eigenvalue weighted by Crippen LogP contribution is 2.27. The summed E-state index contributed by atoms with van der Waals surface area (Å²) < 4.78 is 5.25. The van der Waals surface area contributed by atoms with Crippen LogP contribution in [0.1, 0.15) is 5.56 Å². The van der Waals surface area contributed by atoms with Gasteiger partial charge in [0, 0.05) is 17.7 Å². The highest BCUT2D eigenvalue weighted by molar-refractivity contribution is 5.62. The molecule has 0 spiro atoms. The number of non-ortho nitro benzene ring substituents is 1. The summed E-state index contributed by atoms with van der Waals surface area (Å²) in [5.41, 5.74) is 0.856. The molecule has 0 aliphatic carbocycles. The zero-order valence-corrected chi connectivity index (χ0v) is 6.77. The Balaban J connectivity index is 2.48. The van der Waals surface area contributed by atoms with Crippen LogP contribution in [-0.4, -0.2) is 11.5 Å². The predicted octanol–water partition coefficient (Wildman–Crippen LogP) is 2.00. The predicted molar refractivity (Wildman–Crippen MR) is 47.6 cm³/mol. The maximum atomic E-state index is 10.4. The molecule has 0 aromatic heterocycles. The monoisotopic (exact) mass is 177 g/mol. The van der Waals surface area contributed by atoms with Crippen molar-refractivity contribution in [3.05, 3.63) is 40.0 Å². The minimum absolute atomic E-state index is 0.0916. The van der Waals surface area contributed by atoms with Crippen LogP contribution in [0.5, 0.6) is 5.75 Å². The molecule has 0 unspecified atom stereocenters. The van der Waals surface area contributed by atoms with Gasteiger partial charge in [-0.05, 0) is 12.1 Å². The molecule has 0 N–H and O–H groups in total. The first-order chi connectivity index (χ1) is 6.27. The van der Waals surface area contributed by atoms with Crippen LogP contribution >= 0.6 is 0 Å². The quantitative estimate of drug-likeness (QED) is 0.487. The molecular weight excluding hydrogens is 170 g/mol. The first-order valence-corrected chi connectivity index (χ1v) is 3.85.